The normalized spacial score (nSPS) is 10.0. The molecule has 0 bridgehead atoms. The molecule has 11 heavy (non-hydrogen) atoms. The van der Waals surface area contributed by atoms with Crippen molar-refractivity contribution in [3.8, 4) is 11.5 Å². The van der Waals surface area contributed by atoms with E-state index in [2.05, 4.69) is 0 Å². The average Bonchev–Trinajstić information content (AvgIpc) is 2.01. The minimum absolute atomic E-state index is 0.0760. The van der Waals surface area contributed by atoms with Gasteiger partial charge in [-0.15, -0.1) is 0 Å². The molecule has 0 radical (unpaired) electrons. The van der Waals surface area contributed by atoms with Crippen molar-refractivity contribution in [1.29, 1.82) is 0 Å². The van der Waals surface area contributed by atoms with Crippen LogP contribution >= 0.6 is 0 Å². The summed E-state index contributed by atoms with van der Waals surface area (Å²) in [4.78, 5) is 0. The molecule has 0 spiro atoms. The quantitative estimate of drug-likeness (QED) is 0.524. The first-order valence-corrected chi connectivity index (χ1v) is 3.37. The maximum absolute atomic E-state index is 9.21. The topological polar surface area (TPSA) is 66.5 Å². The molecule has 1 aromatic carbocycles. The van der Waals surface area contributed by atoms with Gasteiger partial charge in [0.25, 0.3) is 0 Å². The largest absolute Gasteiger partial charge is 0.504 e. The maximum atomic E-state index is 9.21. The van der Waals surface area contributed by atoms with Gasteiger partial charge in [-0.3, -0.25) is 0 Å². The average molecular weight is 153 g/mol. The van der Waals surface area contributed by atoms with Crippen molar-refractivity contribution in [1.82, 2.24) is 0 Å². The van der Waals surface area contributed by atoms with Crippen molar-refractivity contribution >= 4 is 0 Å². The fourth-order valence-corrected chi connectivity index (χ4v) is 0.949. The summed E-state index contributed by atoms with van der Waals surface area (Å²) in [5.41, 5.74) is 6.87. The van der Waals surface area contributed by atoms with E-state index >= 15 is 0 Å². The molecule has 0 saturated carbocycles. The van der Waals surface area contributed by atoms with Crippen LogP contribution in [-0.4, -0.2) is 10.2 Å². The lowest BCUT2D eigenvalue weighted by Crippen LogP contribution is -1.98. The lowest BCUT2D eigenvalue weighted by molar-refractivity contribution is 0.400. The van der Waals surface area contributed by atoms with Crippen molar-refractivity contribution in [2.24, 2.45) is 5.73 Å². The molecule has 0 amide bonds. The summed E-state index contributed by atoms with van der Waals surface area (Å²) in [6.45, 7) is 2.09. The summed E-state index contributed by atoms with van der Waals surface area (Å²) >= 11 is 0. The summed E-state index contributed by atoms with van der Waals surface area (Å²) in [7, 11) is 0. The van der Waals surface area contributed by atoms with Crippen molar-refractivity contribution in [2.75, 3.05) is 0 Å². The highest BCUT2D eigenvalue weighted by atomic mass is 16.3. The van der Waals surface area contributed by atoms with Gasteiger partial charge in [0.15, 0.2) is 11.5 Å². The van der Waals surface area contributed by atoms with Crippen molar-refractivity contribution in [3.05, 3.63) is 23.3 Å². The molecule has 3 nitrogen and oxygen atoms in total. The first-order chi connectivity index (χ1) is 5.16. The molecule has 4 N–H and O–H groups in total. The van der Waals surface area contributed by atoms with Crippen LogP contribution in [0.2, 0.25) is 0 Å². The molecule has 0 aromatic heterocycles. The lowest BCUT2D eigenvalue weighted by atomic mass is 10.1. The zero-order chi connectivity index (χ0) is 8.43. The smallest absolute Gasteiger partial charge is 0.160 e. The van der Waals surface area contributed by atoms with Crippen molar-refractivity contribution in [3.63, 3.8) is 0 Å². The number of hydrogen-bond donors (Lipinski definition) is 3. The van der Waals surface area contributed by atoms with E-state index in [9.17, 15) is 5.11 Å². The molecule has 1 aromatic rings. The number of hydrogen-bond acceptors (Lipinski definition) is 3. The predicted octanol–water partition coefficient (Wildman–Crippen LogP) is 0.865. The molecule has 0 unspecified atom stereocenters. The van der Waals surface area contributed by atoms with Crippen molar-refractivity contribution < 1.29 is 10.2 Å². The zero-order valence-electron chi connectivity index (χ0n) is 6.33. The van der Waals surface area contributed by atoms with Crippen LogP contribution in [0.25, 0.3) is 0 Å². The first-order valence-electron chi connectivity index (χ1n) is 3.37. The van der Waals surface area contributed by atoms with Gasteiger partial charge in [0.2, 0.25) is 0 Å². The highest BCUT2D eigenvalue weighted by Gasteiger charge is 2.05. The van der Waals surface area contributed by atoms with E-state index in [-0.39, 0.29) is 11.5 Å². The minimum Gasteiger partial charge on any atom is -0.504 e. The Balaban J connectivity index is 3.25. The fourth-order valence-electron chi connectivity index (χ4n) is 0.949. The standard InChI is InChI=1S/C8H11NO2/c1-5-6(4-9)2-3-7(10)8(5)11/h2-3,10-11H,4,9H2,1H3. The summed E-state index contributed by atoms with van der Waals surface area (Å²) in [5.74, 6) is -0.173. The maximum Gasteiger partial charge on any atom is 0.160 e. The Morgan fingerprint density at radius 2 is 2.00 bits per heavy atom. The molecule has 0 fully saturated rings. The molecule has 0 heterocycles. The van der Waals surface area contributed by atoms with Crippen LogP contribution in [0.5, 0.6) is 11.5 Å². The Hall–Kier alpha value is -1.22. The molecular formula is C8H11NO2. The van der Waals surface area contributed by atoms with E-state index in [0.717, 1.165) is 5.56 Å². The zero-order valence-corrected chi connectivity index (χ0v) is 6.33. The van der Waals surface area contributed by atoms with Gasteiger partial charge in [0, 0.05) is 6.54 Å². The second kappa shape index (κ2) is 2.80. The van der Waals surface area contributed by atoms with Crippen LogP contribution < -0.4 is 5.73 Å². The van der Waals surface area contributed by atoms with Gasteiger partial charge in [-0.05, 0) is 24.1 Å². The second-order valence-corrected chi connectivity index (χ2v) is 2.42. The van der Waals surface area contributed by atoms with E-state index in [4.69, 9.17) is 10.8 Å². The van der Waals surface area contributed by atoms with Gasteiger partial charge >= 0.3 is 0 Å². The van der Waals surface area contributed by atoms with Gasteiger partial charge in [0.05, 0.1) is 0 Å². The molecule has 1 rings (SSSR count). The molecule has 0 atom stereocenters. The third kappa shape index (κ3) is 1.28. The van der Waals surface area contributed by atoms with E-state index < -0.39 is 0 Å². The summed E-state index contributed by atoms with van der Waals surface area (Å²) < 4.78 is 0. The van der Waals surface area contributed by atoms with Crippen LogP contribution in [0.4, 0.5) is 0 Å². The number of benzene rings is 1. The summed E-state index contributed by atoms with van der Waals surface area (Å²) in [6.07, 6.45) is 0. The number of aromatic hydroxyl groups is 2. The van der Waals surface area contributed by atoms with Crippen LogP contribution in [0.15, 0.2) is 12.1 Å². The fraction of sp³-hybridized carbons (Fsp3) is 0.250. The van der Waals surface area contributed by atoms with Gasteiger partial charge in [-0.25, -0.2) is 0 Å². The Labute approximate surface area is 65.1 Å². The molecule has 0 aliphatic rings. The van der Waals surface area contributed by atoms with Crippen molar-refractivity contribution in [2.45, 2.75) is 13.5 Å². The van der Waals surface area contributed by atoms with Crippen LogP contribution in [0.3, 0.4) is 0 Å². The Morgan fingerprint density at radius 3 is 2.55 bits per heavy atom. The Bertz CT molecular complexity index is 271. The lowest BCUT2D eigenvalue weighted by Gasteiger charge is -2.05. The number of phenolic OH excluding ortho intramolecular Hbond substituents is 2. The van der Waals surface area contributed by atoms with Gasteiger partial charge in [-0.1, -0.05) is 6.07 Å². The predicted molar refractivity (Wildman–Crippen MR) is 42.4 cm³/mol. The minimum atomic E-state index is -0.0975. The monoisotopic (exact) mass is 153 g/mol. The molecule has 0 saturated heterocycles. The number of phenols is 2. The van der Waals surface area contributed by atoms with E-state index in [1.807, 2.05) is 0 Å². The SMILES string of the molecule is Cc1c(CN)ccc(O)c1O. The van der Waals surface area contributed by atoms with Crippen LogP contribution in [0, 0.1) is 6.92 Å². The third-order valence-corrected chi connectivity index (χ3v) is 1.74. The highest BCUT2D eigenvalue weighted by Crippen LogP contribution is 2.29. The Kier molecular flexibility index (Phi) is 2.01. The Morgan fingerprint density at radius 1 is 1.36 bits per heavy atom. The van der Waals surface area contributed by atoms with Crippen LogP contribution in [0.1, 0.15) is 11.1 Å². The summed E-state index contributed by atoms with van der Waals surface area (Å²) in [6, 6.07) is 3.13. The van der Waals surface area contributed by atoms with Crippen LogP contribution in [-0.2, 0) is 6.54 Å². The molecule has 0 aliphatic heterocycles. The molecular weight excluding hydrogens is 142 g/mol. The summed E-state index contributed by atoms with van der Waals surface area (Å²) in [5, 5.41) is 18.2. The number of rotatable bonds is 1. The highest BCUT2D eigenvalue weighted by molar-refractivity contribution is 5.47. The first kappa shape index (κ1) is 7.88. The van der Waals surface area contributed by atoms with Gasteiger partial charge in [-0.2, -0.15) is 0 Å². The van der Waals surface area contributed by atoms with E-state index in [0.29, 0.717) is 12.1 Å². The second-order valence-electron chi connectivity index (χ2n) is 2.42. The molecule has 3 heteroatoms. The molecule has 0 aliphatic carbocycles. The number of nitrogens with two attached hydrogens (primary N) is 1. The van der Waals surface area contributed by atoms with Gasteiger partial charge < -0.3 is 15.9 Å². The van der Waals surface area contributed by atoms with Gasteiger partial charge in [0.1, 0.15) is 0 Å². The third-order valence-electron chi connectivity index (χ3n) is 1.74. The van der Waals surface area contributed by atoms with E-state index in [1.54, 1.807) is 13.0 Å². The molecule has 60 valence electrons. The van der Waals surface area contributed by atoms with E-state index in [1.165, 1.54) is 6.07 Å².